The Balaban J connectivity index is 1.61. The van der Waals surface area contributed by atoms with Crippen molar-refractivity contribution in [2.24, 2.45) is 5.92 Å². The highest BCUT2D eigenvalue weighted by atomic mass is 16.5. The molecular formula is C19H24O2. The van der Waals surface area contributed by atoms with Crippen molar-refractivity contribution in [1.29, 1.82) is 0 Å². The summed E-state index contributed by atoms with van der Waals surface area (Å²) in [6, 6.07) is 15.0. The van der Waals surface area contributed by atoms with Crippen molar-refractivity contribution in [3.8, 4) is 0 Å². The molecular weight excluding hydrogens is 260 g/mol. The Bertz CT molecular complexity index is 573. The molecule has 3 rings (SSSR count). The first kappa shape index (κ1) is 14.6. The highest BCUT2D eigenvalue weighted by Gasteiger charge is 2.24. The van der Waals surface area contributed by atoms with Crippen LogP contribution >= 0.6 is 0 Å². The number of ether oxygens (including phenoxy) is 1. The van der Waals surface area contributed by atoms with E-state index in [2.05, 4.69) is 42.5 Å². The minimum Gasteiger partial charge on any atom is -0.396 e. The molecule has 1 aliphatic rings. The third kappa shape index (κ3) is 3.45. The summed E-state index contributed by atoms with van der Waals surface area (Å²) in [5.74, 6) is 0.339. The van der Waals surface area contributed by atoms with Crippen LogP contribution < -0.4 is 0 Å². The number of fused-ring (bicyclic) bond motifs is 1. The number of hydrogen-bond acceptors (Lipinski definition) is 2. The first-order valence-electron chi connectivity index (χ1n) is 8.07. The molecule has 2 aromatic rings. The molecule has 21 heavy (non-hydrogen) atoms. The molecule has 0 bridgehead atoms. The van der Waals surface area contributed by atoms with Gasteiger partial charge in [-0.3, -0.25) is 0 Å². The van der Waals surface area contributed by atoms with Crippen LogP contribution in [0.15, 0.2) is 42.5 Å². The maximum Gasteiger partial charge on any atom is 0.0625 e. The molecule has 2 aromatic carbocycles. The van der Waals surface area contributed by atoms with E-state index in [1.54, 1.807) is 0 Å². The third-order valence-corrected chi connectivity index (χ3v) is 4.66. The van der Waals surface area contributed by atoms with Crippen molar-refractivity contribution in [2.45, 2.75) is 38.2 Å². The van der Waals surface area contributed by atoms with E-state index in [-0.39, 0.29) is 12.7 Å². The van der Waals surface area contributed by atoms with Crippen LogP contribution in [-0.2, 0) is 11.2 Å². The van der Waals surface area contributed by atoms with E-state index in [1.165, 1.54) is 29.2 Å². The molecule has 2 unspecified atom stereocenters. The lowest BCUT2D eigenvalue weighted by atomic mass is 9.87. The Morgan fingerprint density at radius 2 is 1.81 bits per heavy atom. The van der Waals surface area contributed by atoms with Gasteiger partial charge in [0.2, 0.25) is 0 Å². The van der Waals surface area contributed by atoms with Crippen LogP contribution in [0.1, 0.15) is 31.2 Å². The fourth-order valence-corrected chi connectivity index (χ4v) is 3.43. The largest absolute Gasteiger partial charge is 0.396 e. The summed E-state index contributed by atoms with van der Waals surface area (Å²) in [5.41, 5.74) is 1.35. The van der Waals surface area contributed by atoms with Crippen LogP contribution in [0.4, 0.5) is 0 Å². The van der Waals surface area contributed by atoms with Gasteiger partial charge in [0.05, 0.1) is 12.7 Å². The highest BCUT2D eigenvalue weighted by molar-refractivity contribution is 5.85. The van der Waals surface area contributed by atoms with Gasteiger partial charge in [-0.2, -0.15) is 0 Å². The zero-order valence-corrected chi connectivity index (χ0v) is 12.5. The molecule has 0 amide bonds. The quantitative estimate of drug-likeness (QED) is 0.901. The fraction of sp³-hybridized carbons (Fsp3) is 0.474. The van der Waals surface area contributed by atoms with Crippen LogP contribution in [0.5, 0.6) is 0 Å². The predicted molar refractivity (Wildman–Crippen MR) is 86.4 cm³/mol. The summed E-state index contributed by atoms with van der Waals surface area (Å²) in [6.45, 7) is 1.01. The summed E-state index contributed by atoms with van der Waals surface area (Å²) in [5, 5.41) is 12.1. The van der Waals surface area contributed by atoms with Gasteiger partial charge >= 0.3 is 0 Å². The summed E-state index contributed by atoms with van der Waals surface area (Å²) in [7, 11) is 0. The second-order valence-corrected chi connectivity index (χ2v) is 6.02. The van der Waals surface area contributed by atoms with Crippen molar-refractivity contribution in [1.82, 2.24) is 0 Å². The number of hydrogen-bond donors (Lipinski definition) is 1. The summed E-state index contributed by atoms with van der Waals surface area (Å²) in [6.07, 6.45) is 5.86. The Kier molecular flexibility index (Phi) is 4.89. The highest BCUT2D eigenvalue weighted by Crippen LogP contribution is 2.27. The van der Waals surface area contributed by atoms with Crippen LogP contribution in [-0.4, -0.2) is 24.4 Å². The second kappa shape index (κ2) is 7.06. The van der Waals surface area contributed by atoms with Gasteiger partial charge in [-0.05, 0) is 35.6 Å². The molecule has 2 heteroatoms. The third-order valence-electron chi connectivity index (χ3n) is 4.66. The maximum atomic E-state index is 9.44. The van der Waals surface area contributed by atoms with Gasteiger partial charge < -0.3 is 9.84 Å². The monoisotopic (exact) mass is 284 g/mol. The summed E-state index contributed by atoms with van der Waals surface area (Å²) < 4.78 is 6.08. The second-order valence-electron chi connectivity index (χ2n) is 6.02. The first-order valence-corrected chi connectivity index (χ1v) is 8.07. The maximum absolute atomic E-state index is 9.44. The minimum atomic E-state index is 0.249. The molecule has 1 aliphatic carbocycles. The summed E-state index contributed by atoms with van der Waals surface area (Å²) >= 11 is 0. The molecule has 0 saturated heterocycles. The molecule has 2 atom stereocenters. The average Bonchev–Trinajstić information content (AvgIpc) is 2.55. The molecule has 2 nitrogen and oxygen atoms in total. The lowest BCUT2D eigenvalue weighted by molar-refractivity contribution is -0.0270. The van der Waals surface area contributed by atoms with E-state index < -0.39 is 0 Å². The normalized spacial score (nSPS) is 22.5. The number of aliphatic hydroxyl groups is 1. The Hall–Kier alpha value is -1.38. The standard InChI is InChI=1S/C19H24O2/c20-14-17-7-2-4-11-19(17)21-13-12-16-9-5-8-15-6-1-3-10-18(15)16/h1,3,5-6,8-10,17,19-20H,2,4,7,11-14H2. The van der Waals surface area contributed by atoms with Gasteiger partial charge in [0.15, 0.2) is 0 Å². The van der Waals surface area contributed by atoms with Crippen molar-refractivity contribution < 1.29 is 9.84 Å². The summed E-state index contributed by atoms with van der Waals surface area (Å²) in [4.78, 5) is 0. The smallest absolute Gasteiger partial charge is 0.0625 e. The molecule has 1 N–H and O–H groups in total. The molecule has 112 valence electrons. The minimum absolute atomic E-state index is 0.249. The average molecular weight is 284 g/mol. The molecule has 0 radical (unpaired) electrons. The lowest BCUT2D eigenvalue weighted by Gasteiger charge is -2.30. The number of benzene rings is 2. The van der Waals surface area contributed by atoms with Crippen LogP contribution in [0.3, 0.4) is 0 Å². The Labute approximate surface area is 126 Å². The van der Waals surface area contributed by atoms with E-state index in [4.69, 9.17) is 4.74 Å². The van der Waals surface area contributed by atoms with Crippen molar-refractivity contribution in [3.63, 3.8) is 0 Å². The predicted octanol–water partition coefficient (Wildman–Crippen LogP) is 3.95. The lowest BCUT2D eigenvalue weighted by Crippen LogP contribution is -2.30. The molecule has 0 aromatic heterocycles. The van der Waals surface area contributed by atoms with Gasteiger partial charge in [-0.15, -0.1) is 0 Å². The SMILES string of the molecule is OCC1CCCCC1OCCc1cccc2ccccc12. The van der Waals surface area contributed by atoms with Gasteiger partial charge in [0, 0.05) is 12.5 Å². The Morgan fingerprint density at radius 1 is 1.00 bits per heavy atom. The fourth-order valence-electron chi connectivity index (χ4n) is 3.43. The Morgan fingerprint density at radius 3 is 2.71 bits per heavy atom. The van der Waals surface area contributed by atoms with Gasteiger partial charge in [-0.1, -0.05) is 55.3 Å². The first-order chi connectivity index (χ1) is 10.4. The van der Waals surface area contributed by atoms with Gasteiger partial charge in [0.1, 0.15) is 0 Å². The van der Waals surface area contributed by atoms with Crippen LogP contribution in [0.25, 0.3) is 10.8 Å². The van der Waals surface area contributed by atoms with E-state index in [0.717, 1.165) is 25.9 Å². The van der Waals surface area contributed by atoms with Gasteiger partial charge in [0.25, 0.3) is 0 Å². The van der Waals surface area contributed by atoms with E-state index in [1.807, 2.05) is 0 Å². The van der Waals surface area contributed by atoms with Crippen molar-refractivity contribution in [3.05, 3.63) is 48.0 Å². The molecule has 1 saturated carbocycles. The van der Waals surface area contributed by atoms with E-state index >= 15 is 0 Å². The van der Waals surface area contributed by atoms with Gasteiger partial charge in [-0.25, -0.2) is 0 Å². The van der Waals surface area contributed by atoms with Crippen molar-refractivity contribution in [2.75, 3.05) is 13.2 Å². The zero-order valence-electron chi connectivity index (χ0n) is 12.5. The topological polar surface area (TPSA) is 29.5 Å². The van der Waals surface area contributed by atoms with E-state index in [0.29, 0.717) is 5.92 Å². The molecule has 0 aliphatic heterocycles. The van der Waals surface area contributed by atoms with E-state index in [9.17, 15) is 5.11 Å². The molecule has 0 heterocycles. The molecule has 1 fully saturated rings. The van der Waals surface area contributed by atoms with Crippen molar-refractivity contribution >= 4 is 10.8 Å². The number of aliphatic hydroxyl groups excluding tert-OH is 1. The molecule has 0 spiro atoms. The van der Waals surface area contributed by atoms with Crippen LogP contribution in [0, 0.1) is 5.92 Å². The zero-order chi connectivity index (χ0) is 14.5. The van der Waals surface area contributed by atoms with Crippen LogP contribution in [0.2, 0.25) is 0 Å². The number of rotatable bonds is 5.